The number of rotatable bonds is 4. The van der Waals surface area contributed by atoms with Crippen molar-refractivity contribution in [1.82, 2.24) is 9.55 Å². The minimum Gasteiger partial charge on any atom is -0.465 e. The minimum atomic E-state index is -0.551. The van der Waals surface area contributed by atoms with Gasteiger partial charge in [0, 0.05) is 0 Å². The highest BCUT2D eigenvalue weighted by Gasteiger charge is 2.14. The van der Waals surface area contributed by atoms with Crippen molar-refractivity contribution in [2.24, 2.45) is 0 Å². The van der Waals surface area contributed by atoms with Crippen molar-refractivity contribution in [2.45, 2.75) is 6.54 Å². The van der Waals surface area contributed by atoms with Gasteiger partial charge < -0.3 is 10.1 Å². The molecule has 0 aliphatic rings. The Morgan fingerprint density at radius 2 is 2.08 bits per heavy atom. The van der Waals surface area contributed by atoms with Crippen molar-refractivity contribution in [3.63, 3.8) is 0 Å². The van der Waals surface area contributed by atoms with E-state index in [0.29, 0.717) is 15.9 Å². The van der Waals surface area contributed by atoms with Crippen LogP contribution in [0.4, 0.5) is 5.69 Å². The first-order chi connectivity index (χ1) is 11.6. The Morgan fingerprint density at radius 3 is 2.88 bits per heavy atom. The van der Waals surface area contributed by atoms with Gasteiger partial charge in [-0.15, -0.1) is 11.3 Å². The third-order valence-electron chi connectivity index (χ3n) is 3.37. The molecule has 1 aromatic carbocycles. The van der Waals surface area contributed by atoms with Gasteiger partial charge in [-0.1, -0.05) is 12.1 Å². The van der Waals surface area contributed by atoms with Gasteiger partial charge in [-0.2, -0.15) is 0 Å². The zero-order valence-electron chi connectivity index (χ0n) is 12.7. The van der Waals surface area contributed by atoms with Crippen LogP contribution in [0.2, 0.25) is 0 Å². The van der Waals surface area contributed by atoms with Crippen LogP contribution in [0.1, 0.15) is 10.4 Å². The van der Waals surface area contributed by atoms with Crippen LogP contribution in [0, 0.1) is 0 Å². The summed E-state index contributed by atoms with van der Waals surface area (Å²) in [5.41, 5.74) is 0.289. The monoisotopic (exact) mass is 343 g/mol. The van der Waals surface area contributed by atoms with Crippen molar-refractivity contribution < 1.29 is 14.3 Å². The van der Waals surface area contributed by atoms with Gasteiger partial charge in [-0.25, -0.2) is 9.78 Å². The van der Waals surface area contributed by atoms with Crippen molar-refractivity contribution in [3.8, 4) is 0 Å². The summed E-state index contributed by atoms with van der Waals surface area (Å²) in [7, 11) is 1.27. The normalized spacial score (nSPS) is 10.5. The number of methoxy groups -OCH3 is 1. The fourth-order valence-corrected chi connectivity index (χ4v) is 2.95. The van der Waals surface area contributed by atoms with E-state index in [4.69, 9.17) is 0 Å². The van der Waals surface area contributed by atoms with E-state index in [1.54, 1.807) is 35.7 Å². The smallest absolute Gasteiger partial charge is 0.339 e. The number of hydrogen-bond donors (Lipinski definition) is 1. The van der Waals surface area contributed by atoms with Crippen molar-refractivity contribution in [1.29, 1.82) is 0 Å². The van der Waals surface area contributed by atoms with Crippen molar-refractivity contribution in [2.75, 3.05) is 12.4 Å². The molecule has 8 heteroatoms. The van der Waals surface area contributed by atoms with Gasteiger partial charge in [-0.3, -0.25) is 14.2 Å². The second-order valence-electron chi connectivity index (χ2n) is 4.90. The Kier molecular flexibility index (Phi) is 4.39. The first kappa shape index (κ1) is 15.9. The Balaban J connectivity index is 1.82. The largest absolute Gasteiger partial charge is 0.465 e. The minimum absolute atomic E-state index is 0.201. The number of hydrogen-bond acceptors (Lipinski definition) is 6. The quantitative estimate of drug-likeness (QED) is 0.731. The molecule has 0 aliphatic carbocycles. The number of nitrogens with zero attached hydrogens (tertiary/aromatic N) is 2. The van der Waals surface area contributed by atoms with E-state index in [1.807, 2.05) is 0 Å². The Labute approximate surface area is 140 Å². The molecule has 0 unspecified atom stereocenters. The number of thiophene rings is 1. The summed E-state index contributed by atoms with van der Waals surface area (Å²) in [6.07, 6.45) is 1.34. The number of amides is 1. The van der Waals surface area contributed by atoms with Crippen molar-refractivity contribution >= 4 is 39.1 Å². The third-order valence-corrected chi connectivity index (χ3v) is 4.19. The molecular formula is C16H13N3O4S. The number of nitrogens with one attached hydrogen (secondary N) is 1. The summed E-state index contributed by atoms with van der Waals surface area (Å²) in [6.45, 7) is -0.201. The highest BCUT2D eigenvalue weighted by Crippen LogP contribution is 2.16. The van der Waals surface area contributed by atoms with Gasteiger partial charge in [-0.05, 0) is 23.6 Å². The van der Waals surface area contributed by atoms with Crippen LogP contribution < -0.4 is 10.9 Å². The van der Waals surface area contributed by atoms with Gasteiger partial charge in [0.15, 0.2) is 0 Å². The standard InChI is InChI=1S/C16H13N3O4S/c1-23-16(22)10-4-2-3-5-12(10)18-13(20)8-19-9-17-14-11(15(19)21)6-7-24-14/h2-7,9H,8H2,1H3,(H,18,20). The number of carbonyl (C=O) groups is 2. The second kappa shape index (κ2) is 6.63. The van der Waals surface area contributed by atoms with Crippen LogP contribution >= 0.6 is 11.3 Å². The number of carbonyl (C=O) groups excluding carboxylic acids is 2. The van der Waals surface area contributed by atoms with Gasteiger partial charge in [0.05, 0.1) is 30.1 Å². The fraction of sp³-hybridized carbons (Fsp3) is 0.125. The van der Waals surface area contributed by atoms with Crippen LogP contribution in [0.15, 0.2) is 46.8 Å². The van der Waals surface area contributed by atoms with Gasteiger partial charge in [0.1, 0.15) is 11.4 Å². The number of anilines is 1. The topological polar surface area (TPSA) is 90.3 Å². The van der Waals surface area contributed by atoms with Crippen LogP contribution in [0.25, 0.3) is 10.2 Å². The average molecular weight is 343 g/mol. The molecule has 122 valence electrons. The molecule has 2 heterocycles. The van der Waals surface area contributed by atoms with Gasteiger partial charge >= 0.3 is 5.97 Å². The maximum absolute atomic E-state index is 12.3. The first-order valence-electron chi connectivity index (χ1n) is 7.00. The summed E-state index contributed by atoms with van der Waals surface area (Å²) < 4.78 is 5.91. The molecule has 3 aromatic rings. The SMILES string of the molecule is COC(=O)c1ccccc1NC(=O)Cn1cnc2sccc2c1=O. The predicted molar refractivity (Wildman–Crippen MR) is 90.3 cm³/mol. The lowest BCUT2D eigenvalue weighted by Crippen LogP contribution is -2.28. The van der Waals surface area contributed by atoms with E-state index in [2.05, 4.69) is 15.0 Å². The van der Waals surface area contributed by atoms with Gasteiger partial charge in [0.25, 0.3) is 5.56 Å². The molecule has 0 aliphatic heterocycles. The molecular weight excluding hydrogens is 330 g/mol. The first-order valence-corrected chi connectivity index (χ1v) is 7.88. The van der Waals surface area contributed by atoms with E-state index < -0.39 is 11.9 Å². The van der Waals surface area contributed by atoms with E-state index >= 15 is 0 Å². The number of benzene rings is 1. The summed E-state index contributed by atoms with van der Waals surface area (Å²) >= 11 is 1.36. The second-order valence-corrected chi connectivity index (χ2v) is 5.80. The van der Waals surface area contributed by atoms with E-state index in [9.17, 15) is 14.4 Å². The Hall–Kier alpha value is -3.00. The molecule has 1 amide bonds. The molecule has 0 spiro atoms. The Bertz CT molecular complexity index is 977. The fourth-order valence-electron chi connectivity index (χ4n) is 2.23. The average Bonchev–Trinajstić information content (AvgIpc) is 3.06. The zero-order chi connectivity index (χ0) is 17.1. The highest BCUT2D eigenvalue weighted by molar-refractivity contribution is 7.16. The lowest BCUT2D eigenvalue weighted by molar-refractivity contribution is -0.116. The summed E-state index contributed by atoms with van der Waals surface area (Å²) in [5.74, 6) is -0.991. The maximum atomic E-state index is 12.3. The number of aromatic nitrogens is 2. The molecule has 3 rings (SSSR count). The van der Waals surface area contributed by atoms with Crippen LogP contribution in [-0.4, -0.2) is 28.5 Å². The summed E-state index contributed by atoms with van der Waals surface area (Å²) in [6, 6.07) is 8.17. The van der Waals surface area contributed by atoms with E-state index in [-0.39, 0.29) is 17.7 Å². The molecule has 1 N–H and O–H groups in total. The van der Waals surface area contributed by atoms with Crippen LogP contribution in [0.3, 0.4) is 0 Å². The zero-order valence-corrected chi connectivity index (χ0v) is 13.5. The molecule has 24 heavy (non-hydrogen) atoms. The number of ether oxygens (including phenoxy) is 1. The molecule has 7 nitrogen and oxygen atoms in total. The molecule has 0 fully saturated rings. The number of para-hydroxylation sites is 1. The molecule has 0 saturated carbocycles. The predicted octanol–water partition coefficient (Wildman–Crippen LogP) is 1.88. The molecule has 0 bridgehead atoms. The number of esters is 1. The lowest BCUT2D eigenvalue weighted by Gasteiger charge is -2.10. The molecule has 2 aromatic heterocycles. The number of fused-ring (bicyclic) bond motifs is 1. The molecule has 0 saturated heterocycles. The summed E-state index contributed by atoms with van der Waals surface area (Å²) in [4.78, 5) is 41.0. The van der Waals surface area contributed by atoms with Crippen LogP contribution in [0.5, 0.6) is 0 Å². The van der Waals surface area contributed by atoms with Crippen LogP contribution in [-0.2, 0) is 16.1 Å². The van der Waals surface area contributed by atoms with Crippen molar-refractivity contribution in [3.05, 3.63) is 58.0 Å². The lowest BCUT2D eigenvalue weighted by atomic mass is 10.2. The van der Waals surface area contributed by atoms with E-state index in [1.165, 1.54) is 29.3 Å². The Morgan fingerprint density at radius 1 is 1.29 bits per heavy atom. The van der Waals surface area contributed by atoms with Gasteiger partial charge in [0.2, 0.25) is 5.91 Å². The maximum Gasteiger partial charge on any atom is 0.339 e. The molecule has 0 radical (unpaired) electrons. The van der Waals surface area contributed by atoms with E-state index in [0.717, 1.165) is 0 Å². The summed E-state index contributed by atoms with van der Waals surface area (Å²) in [5, 5.41) is 4.87. The highest BCUT2D eigenvalue weighted by atomic mass is 32.1. The third kappa shape index (κ3) is 3.04. The molecule has 0 atom stereocenters.